The van der Waals surface area contributed by atoms with Crippen LogP contribution in [-0.4, -0.2) is 29.7 Å². The molecular formula is C12H20IN3O. The highest BCUT2D eigenvalue weighted by atomic mass is 127. The maximum Gasteiger partial charge on any atom is 0.143 e. The molecule has 4 nitrogen and oxygen atoms in total. The molecule has 96 valence electrons. The Morgan fingerprint density at radius 3 is 2.59 bits per heavy atom. The number of aromatic nitrogens is 2. The Balaban J connectivity index is 3.02. The number of ether oxygens (including phenoxy) is 1. The van der Waals surface area contributed by atoms with Crippen molar-refractivity contribution >= 4 is 28.4 Å². The van der Waals surface area contributed by atoms with Gasteiger partial charge in [-0.3, -0.25) is 0 Å². The summed E-state index contributed by atoms with van der Waals surface area (Å²) in [4.78, 5) is 9.13. The molecule has 1 rings (SSSR count). The maximum atomic E-state index is 5.26. The zero-order chi connectivity index (χ0) is 12.8. The molecule has 0 aromatic carbocycles. The fraction of sp³-hybridized carbons (Fsp3) is 0.667. The molecule has 1 N–H and O–H groups in total. The van der Waals surface area contributed by atoms with E-state index in [1.807, 2.05) is 6.92 Å². The molecule has 0 saturated heterocycles. The minimum Gasteiger partial charge on any atom is -0.381 e. The molecule has 1 aromatic heterocycles. The van der Waals surface area contributed by atoms with E-state index in [1.54, 1.807) is 7.11 Å². The van der Waals surface area contributed by atoms with Crippen LogP contribution in [0.1, 0.15) is 32.3 Å². The monoisotopic (exact) mass is 349 g/mol. The summed E-state index contributed by atoms with van der Waals surface area (Å²) in [5.41, 5.74) is 1.11. The standard InChI is InChI=1S/C12H20IN3O/c1-5-9-11(13)12(14-6-2)16-10(15-9)7-8(3)17-4/h8H,5-7H2,1-4H3,(H,14,15,16). The van der Waals surface area contributed by atoms with Gasteiger partial charge in [0, 0.05) is 20.1 Å². The van der Waals surface area contributed by atoms with E-state index in [1.165, 1.54) is 0 Å². The van der Waals surface area contributed by atoms with Gasteiger partial charge < -0.3 is 10.1 Å². The highest BCUT2D eigenvalue weighted by Gasteiger charge is 2.12. The van der Waals surface area contributed by atoms with Gasteiger partial charge in [0.25, 0.3) is 0 Å². The molecule has 0 aliphatic heterocycles. The molecule has 0 aliphatic carbocycles. The van der Waals surface area contributed by atoms with Crippen molar-refractivity contribution in [1.29, 1.82) is 0 Å². The van der Waals surface area contributed by atoms with Crippen LogP contribution in [-0.2, 0) is 17.6 Å². The van der Waals surface area contributed by atoms with Crippen LogP contribution in [0.5, 0.6) is 0 Å². The van der Waals surface area contributed by atoms with Crippen LogP contribution < -0.4 is 5.32 Å². The van der Waals surface area contributed by atoms with E-state index in [-0.39, 0.29) is 6.10 Å². The van der Waals surface area contributed by atoms with E-state index < -0.39 is 0 Å². The van der Waals surface area contributed by atoms with Crippen molar-refractivity contribution in [1.82, 2.24) is 9.97 Å². The Labute approximate surface area is 117 Å². The Morgan fingerprint density at radius 1 is 1.35 bits per heavy atom. The van der Waals surface area contributed by atoms with Crippen LogP contribution in [0.2, 0.25) is 0 Å². The molecule has 1 aromatic rings. The van der Waals surface area contributed by atoms with Crippen LogP contribution in [0.3, 0.4) is 0 Å². The molecule has 0 amide bonds. The summed E-state index contributed by atoms with van der Waals surface area (Å²) in [6.07, 6.45) is 1.82. The summed E-state index contributed by atoms with van der Waals surface area (Å²) in [6, 6.07) is 0. The quantitative estimate of drug-likeness (QED) is 0.803. The molecule has 17 heavy (non-hydrogen) atoms. The first kappa shape index (κ1) is 14.6. The lowest BCUT2D eigenvalue weighted by Crippen LogP contribution is -2.15. The predicted octanol–water partition coefficient (Wildman–Crippen LogP) is 2.65. The zero-order valence-electron chi connectivity index (χ0n) is 10.9. The number of hydrogen-bond donors (Lipinski definition) is 1. The van der Waals surface area contributed by atoms with Gasteiger partial charge in [0.2, 0.25) is 0 Å². The number of aryl methyl sites for hydroxylation is 1. The topological polar surface area (TPSA) is 47.0 Å². The smallest absolute Gasteiger partial charge is 0.143 e. The van der Waals surface area contributed by atoms with Crippen LogP contribution in [0.4, 0.5) is 5.82 Å². The lowest BCUT2D eigenvalue weighted by Gasteiger charge is -2.13. The molecule has 1 unspecified atom stereocenters. The van der Waals surface area contributed by atoms with E-state index in [4.69, 9.17) is 4.74 Å². The molecule has 1 heterocycles. The van der Waals surface area contributed by atoms with Gasteiger partial charge in [-0.2, -0.15) is 0 Å². The molecule has 0 bridgehead atoms. The summed E-state index contributed by atoms with van der Waals surface area (Å²) in [7, 11) is 1.71. The van der Waals surface area contributed by atoms with Crippen LogP contribution >= 0.6 is 22.6 Å². The number of methoxy groups -OCH3 is 1. The molecule has 0 spiro atoms. The number of halogens is 1. The lowest BCUT2D eigenvalue weighted by molar-refractivity contribution is 0.117. The first-order valence-corrected chi connectivity index (χ1v) is 7.02. The Hall–Kier alpha value is -0.430. The van der Waals surface area contributed by atoms with Crippen LogP contribution in [0.15, 0.2) is 0 Å². The van der Waals surface area contributed by atoms with Crippen molar-refractivity contribution in [2.24, 2.45) is 0 Å². The van der Waals surface area contributed by atoms with E-state index in [0.717, 1.165) is 40.3 Å². The van der Waals surface area contributed by atoms with E-state index in [2.05, 4.69) is 51.7 Å². The number of nitrogens with one attached hydrogen (secondary N) is 1. The molecule has 1 atom stereocenters. The largest absolute Gasteiger partial charge is 0.381 e. The Morgan fingerprint density at radius 2 is 2.06 bits per heavy atom. The summed E-state index contributed by atoms with van der Waals surface area (Å²) in [6.45, 7) is 7.08. The van der Waals surface area contributed by atoms with Gasteiger partial charge in [0.1, 0.15) is 11.6 Å². The van der Waals surface area contributed by atoms with Gasteiger partial charge in [-0.1, -0.05) is 6.92 Å². The minimum atomic E-state index is 0.147. The normalized spacial score (nSPS) is 12.5. The number of rotatable bonds is 6. The van der Waals surface area contributed by atoms with Crippen molar-refractivity contribution in [3.8, 4) is 0 Å². The zero-order valence-corrected chi connectivity index (χ0v) is 13.0. The number of anilines is 1. The van der Waals surface area contributed by atoms with Gasteiger partial charge in [-0.15, -0.1) is 0 Å². The second-order valence-electron chi connectivity index (χ2n) is 3.88. The lowest BCUT2D eigenvalue weighted by atomic mass is 10.2. The van der Waals surface area contributed by atoms with Gasteiger partial charge in [-0.05, 0) is 42.9 Å². The molecule has 5 heteroatoms. The van der Waals surface area contributed by atoms with Crippen molar-refractivity contribution in [2.75, 3.05) is 19.0 Å². The number of nitrogens with zero attached hydrogens (tertiary/aromatic N) is 2. The first-order chi connectivity index (χ1) is 8.12. The summed E-state index contributed by atoms with van der Waals surface area (Å²) in [5, 5.41) is 3.28. The van der Waals surface area contributed by atoms with Gasteiger partial charge in [-0.25, -0.2) is 9.97 Å². The predicted molar refractivity (Wildman–Crippen MR) is 78.5 cm³/mol. The van der Waals surface area contributed by atoms with Gasteiger partial charge >= 0.3 is 0 Å². The second kappa shape index (κ2) is 7.10. The SMILES string of the molecule is CCNc1nc(CC(C)OC)nc(CC)c1I. The highest BCUT2D eigenvalue weighted by molar-refractivity contribution is 14.1. The average Bonchev–Trinajstić information content (AvgIpc) is 2.33. The van der Waals surface area contributed by atoms with E-state index >= 15 is 0 Å². The Kier molecular flexibility index (Phi) is 6.11. The first-order valence-electron chi connectivity index (χ1n) is 5.94. The van der Waals surface area contributed by atoms with Gasteiger partial charge in [0.05, 0.1) is 15.4 Å². The molecule has 0 aliphatic rings. The van der Waals surface area contributed by atoms with Crippen molar-refractivity contribution in [3.05, 3.63) is 15.1 Å². The molecular weight excluding hydrogens is 329 g/mol. The van der Waals surface area contributed by atoms with Crippen molar-refractivity contribution in [2.45, 2.75) is 39.7 Å². The minimum absolute atomic E-state index is 0.147. The summed E-state index contributed by atoms with van der Waals surface area (Å²) >= 11 is 2.31. The second-order valence-corrected chi connectivity index (χ2v) is 4.96. The fourth-order valence-electron chi connectivity index (χ4n) is 1.50. The highest BCUT2D eigenvalue weighted by Crippen LogP contribution is 2.20. The molecule has 0 saturated carbocycles. The summed E-state index contributed by atoms with van der Waals surface area (Å²) in [5.74, 6) is 1.80. The van der Waals surface area contributed by atoms with Crippen molar-refractivity contribution < 1.29 is 4.74 Å². The summed E-state index contributed by atoms with van der Waals surface area (Å²) < 4.78 is 6.38. The van der Waals surface area contributed by atoms with Gasteiger partial charge in [0.15, 0.2) is 0 Å². The third-order valence-electron chi connectivity index (χ3n) is 2.52. The number of hydrogen-bond acceptors (Lipinski definition) is 4. The van der Waals surface area contributed by atoms with Crippen molar-refractivity contribution in [3.63, 3.8) is 0 Å². The molecule has 0 radical (unpaired) electrons. The van der Waals surface area contributed by atoms with E-state index in [0.29, 0.717) is 0 Å². The van der Waals surface area contributed by atoms with Crippen LogP contribution in [0.25, 0.3) is 0 Å². The maximum absolute atomic E-state index is 5.26. The van der Waals surface area contributed by atoms with Crippen LogP contribution in [0, 0.1) is 3.57 Å². The third kappa shape index (κ3) is 4.06. The Bertz CT molecular complexity index is 371. The third-order valence-corrected chi connectivity index (χ3v) is 3.65. The fourth-order valence-corrected chi connectivity index (χ4v) is 2.31. The molecule has 0 fully saturated rings. The van der Waals surface area contributed by atoms with E-state index in [9.17, 15) is 0 Å². The average molecular weight is 349 g/mol.